The van der Waals surface area contributed by atoms with Gasteiger partial charge in [0.25, 0.3) is 0 Å². The van der Waals surface area contributed by atoms with Gasteiger partial charge in [-0.1, -0.05) is 31.2 Å². The van der Waals surface area contributed by atoms with Crippen LogP contribution in [0.4, 0.5) is 5.82 Å². The van der Waals surface area contributed by atoms with Crippen molar-refractivity contribution >= 4 is 34.0 Å². The number of nitrogens with two attached hydrogens (primary N) is 1. The van der Waals surface area contributed by atoms with Gasteiger partial charge in [0.1, 0.15) is 23.5 Å². The van der Waals surface area contributed by atoms with Crippen molar-refractivity contribution in [1.82, 2.24) is 14.5 Å². The number of ether oxygens (including phenoxy) is 2. The highest BCUT2D eigenvalue weighted by Crippen LogP contribution is 2.31. The molecule has 0 aliphatic carbocycles. The Balaban J connectivity index is 1.65. The van der Waals surface area contributed by atoms with E-state index in [9.17, 15) is 4.79 Å². The molecule has 0 spiro atoms. The quantitative estimate of drug-likeness (QED) is 0.494. The van der Waals surface area contributed by atoms with Gasteiger partial charge in [-0.3, -0.25) is 4.57 Å². The van der Waals surface area contributed by atoms with E-state index in [4.69, 9.17) is 25.2 Å². The zero-order valence-corrected chi connectivity index (χ0v) is 17.4. The lowest BCUT2D eigenvalue weighted by molar-refractivity contribution is 0.0163. The van der Waals surface area contributed by atoms with Gasteiger partial charge >= 0.3 is 5.97 Å². The normalized spacial score (nSPS) is 16.2. The van der Waals surface area contributed by atoms with Gasteiger partial charge in [0.2, 0.25) is 0 Å². The maximum atomic E-state index is 13.1. The lowest BCUT2D eigenvalue weighted by Gasteiger charge is -2.11. The molecule has 1 atom stereocenters. The molecule has 1 aliphatic rings. The van der Waals surface area contributed by atoms with Crippen molar-refractivity contribution < 1.29 is 14.3 Å². The Morgan fingerprint density at radius 3 is 2.58 bits per heavy atom. The number of fused-ring (bicyclic) bond motifs is 2. The number of para-hydroxylation sites is 2. The Morgan fingerprint density at radius 2 is 1.90 bits per heavy atom. The largest absolute Gasteiger partial charge is 0.459 e. The van der Waals surface area contributed by atoms with Crippen molar-refractivity contribution in [3.8, 4) is 5.69 Å². The maximum absolute atomic E-state index is 13.1. The fraction of sp³-hybridized carbons (Fsp3) is 0.292. The van der Waals surface area contributed by atoms with Gasteiger partial charge < -0.3 is 15.2 Å². The summed E-state index contributed by atoms with van der Waals surface area (Å²) in [5.41, 5.74) is 11.2. The molecule has 0 amide bonds. The summed E-state index contributed by atoms with van der Waals surface area (Å²) in [6, 6.07) is 15.6. The Morgan fingerprint density at radius 1 is 1.16 bits per heavy atom. The third-order valence-corrected chi connectivity index (χ3v) is 5.73. The summed E-state index contributed by atoms with van der Waals surface area (Å²) in [5.74, 6) is -0.238. The van der Waals surface area contributed by atoms with E-state index < -0.39 is 5.97 Å². The van der Waals surface area contributed by atoms with Crippen molar-refractivity contribution in [2.24, 2.45) is 0 Å². The minimum atomic E-state index is -0.508. The predicted octanol–water partition coefficient (Wildman–Crippen LogP) is 4.05. The lowest BCUT2D eigenvalue weighted by Crippen LogP contribution is -2.18. The smallest absolute Gasteiger partial charge is 0.344 e. The molecule has 2 aromatic carbocycles. The molecule has 7 heteroatoms. The van der Waals surface area contributed by atoms with Crippen molar-refractivity contribution in [2.75, 3.05) is 18.9 Å². The fourth-order valence-corrected chi connectivity index (χ4v) is 4.02. The van der Waals surface area contributed by atoms with Gasteiger partial charge in [0.15, 0.2) is 5.65 Å². The number of hydrogen-bond donors (Lipinski definition) is 1. The number of nitrogens with zero attached hydrogens (tertiary/aromatic N) is 3. The zero-order chi connectivity index (χ0) is 21.4. The molecule has 2 N–H and O–H groups in total. The van der Waals surface area contributed by atoms with Gasteiger partial charge in [0.05, 0.1) is 17.1 Å². The van der Waals surface area contributed by atoms with Gasteiger partial charge in [0, 0.05) is 12.3 Å². The summed E-state index contributed by atoms with van der Waals surface area (Å²) >= 11 is 0. The Labute approximate surface area is 179 Å². The van der Waals surface area contributed by atoms with Crippen LogP contribution in [0.5, 0.6) is 0 Å². The van der Waals surface area contributed by atoms with Crippen LogP contribution < -0.4 is 5.73 Å². The molecule has 0 bridgehead atoms. The van der Waals surface area contributed by atoms with E-state index in [1.165, 1.54) is 5.56 Å². The first-order valence-electron chi connectivity index (χ1n) is 10.6. The van der Waals surface area contributed by atoms with Gasteiger partial charge in [-0.15, -0.1) is 0 Å². The highest BCUT2D eigenvalue weighted by atomic mass is 16.6. The van der Waals surface area contributed by atoms with E-state index >= 15 is 0 Å². The molecule has 1 fully saturated rings. The molecule has 3 heterocycles. The monoisotopic (exact) mass is 416 g/mol. The third-order valence-electron chi connectivity index (χ3n) is 5.73. The van der Waals surface area contributed by atoms with E-state index in [0.717, 1.165) is 30.5 Å². The van der Waals surface area contributed by atoms with Crippen LogP contribution in [0, 0.1) is 0 Å². The van der Waals surface area contributed by atoms with Gasteiger partial charge in [-0.05, 0) is 49.1 Å². The number of nitrogen functional groups attached to an aromatic ring is 1. The van der Waals surface area contributed by atoms with Crippen LogP contribution in [0.2, 0.25) is 0 Å². The molecule has 5 rings (SSSR count). The third kappa shape index (κ3) is 3.51. The Bertz CT molecular complexity index is 1260. The lowest BCUT2D eigenvalue weighted by atomic mass is 10.1. The van der Waals surface area contributed by atoms with Crippen molar-refractivity contribution in [3.05, 3.63) is 59.7 Å². The highest BCUT2D eigenvalue weighted by Gasteiger charge is 2.27. The molecule has 1 saturated heterocycles. The topological polar surface area (TPSA) is 92.3 Å². The molecular weight excluding hydrogens is 392 g/mol. The zero-order valence-electron chi connectivity index (χ0n) is 17.4. The number of anilines is 1. The van der Waals surface area contributed by atoms with Gasteiger partial charge in [-0.2, -0.15) is 0 Å². The second kappa shape index (κ2) is 8.00. The second-order valence-corrected chi connectivity index (χ2v) is 7.73. The van der Waals surface area contributed by atoms with E-state index in [-0.39, 0.29) is 24.1 Å². The number of aryl methyl sites for hydroxylation is 1. The number of carbonyl (C=O) groups excluding carboxylic acids is 1. The standard InChI is InChI=1S/C24H24N4O3/c1-2-15-9-11-16(12-10-15)28-22(25)20(24(29)31-14-17-6-5-13-30-17)21-23(28)27-19-8-4-3-7-18(19)26-21/h3-4,7-12,17H,2,5-6,13-14,25H2,1H3/t17-/m0/s1. The number of aromatic nitrogens is 3. The fourth-order valence-electron chi connectivity index (χ4n) is 4.02. The van der Waals surface area contributed by atoms with Crippen LogP contribution in [0.1, 0.15) is 35.7 Å². The predicted molar refractivity (Wildman–Crippen MR) is 119 cm³/mol. The first-order chi connectivity index (χ1) is 15.2. The first-order valence-corrected chi connectivity index (χ1v) is 10.6. The molecule has 31 heavy (non-hydrogen) atoms. The number of hydrogen-bond acceptors (Lipinski definition) is 6. The van der Waals surface area contributed by atoms with Crippen LogP contribution in [0.3, 0.4) is 0 Å². The van der Waals surface area contributed by atoms with Crippen molar-refractivity contribution in [3.63, 3.8) is 0 Å². The Hall–Kier alpha value is -3.45. The number of carbonyl (C=O) groups is 1. The van der Waals surface area contributed by atoms with E-state index in [0.29, 0.717) is 23.3 Å². The summed E-state index contributed by atoms with van der Waals surface area (Å²) in [4.78, 5) is 22.6. The minimum absolute atomic E-state index is 0.0629. The summed E-state index contributed by atoms with van der Waals surface area (Å²) in [7, 11) is 0. The van der Waals surface area contributed by atoms with E-state index in [1.54, 1.807) is 4.57 Å². The first kappa shape index (κ1) is 19.5. The van der Waals surface area contributed by atoms with E-state index in [2.05, 4.69) is 6.92 Å². The molecule has 2 aromatic heterocycles. The van der Waals surface area contributed by atoms with Crippen LogP contribution in [-0.2, 0) is 15.9 Å². The molecule has 4 aromatic rings. The summed E-state index contributed by atoms with van der Waals surface area (Å²) in [5, 5.41) is 0. The molecule has 0 radical (unpaired) electrons. The van der Waals surface area contributed by atoms with Crippen molar-refractivity contribution in [2.45, 2.75) is 32.3 Å². The molecule has 0 unspecified atom stereocenters. The van der Waals surface area contributed by atoms with Crippen LogP contribution in [0.15, 0.2) is 48.5 Å². The van der Waals surface area contributed by atoms with Crippen LogP contribution in [-0.4, -0.2) is 39.8 Å². The molecule has 7 nitrogen and oxygen atoms in total. The molecule has 0 saturated carbocycles. The Kier molecular flexibility index (Phi) is 5.03. The molecule has 1 aliphatic heterocycles. The maximum Gasteiger partial charge on any atom is 0.344 e. The summed E-state index contributed by atoms with van der Waals surface area (Å²) in [6.45, 7) is 3.01. The van der Waals surface area contributed by atoms with Crippen LogP contribution >= 0.6 is 0 Å². The molecular formula is C24H24N4O3. The minimum Gasteiger partial charge on any atom is -0.459 e. The number of esters is 1. The van der Waals surface area contributed by atoms with Gasteiger partial charge in [-0.25, -0.2) is 14.8 Å². The summed E-state index contributed by atoms with van der Waals surface area (Å²) < 4.78 is 12.9. The van der Waals surface area contributed by atoms with E-state index in [1.807, 2.05) is 48.5 Å². The highest BCUT2D eigenvalue weighted by molar-refractivity contribution is 6.09. The molecule has 158 valence electrons. The van der Waals surface area contributed by atoms with Crippen LogP contribution in [0.25, 0.3) is 27.9 Å². The summed E-state index contributed by atoms with van der Waals surface area (Å²) in [6.07, 6.45) is 2.74. The SMILES string of the molecule is CCc1ccc(-n2c(N)c(C(=O)OC[C@@H]3CCCO3)c3nc4ccccc4nc32)cc1. The number of benzene rings is 2. The van der Waals surface area contributed by atoms with Crippen molar-refractivity contribution in [1.29, 1.82) is 0 Å². The average molecular weight is 416 g/mol. The number of rotatable bonds is 5. The second-order valence-electron chi connectivity index (χ2n) is 7.73. The average Bonchev–Trinajstić information content (AvgIpc) is 3.41.